The first-order chi connectivity index (χ1) is 5.27. The van der Waals surface area contributed by atoms with Crippen molar-refractivity contribution in [2.24, 2.45) is 0 Å². The third kappa shape index (κ3) is 1.29. The van der Waals surface area contributed by atoms with Crippen molar-refractivity contribution in [1.82, 2.24) is 7.76 Å². The van der Waals surface area contributed by atoms with Gasteiger partial charge in [0.25, 0.3) is 0 Å². The number of imidazole rings is 1. The topological polar surface area (TPSA) is 17.8 Å². The first-order valence-corrected chi connectivity index (χ1v) is 4.82. The fourth-order valence-electron chi connectivity index (χ4n) is 0.956. The summed E-state index contributed by atoms with van der Waals surface area (Å²) in [5.74, 6) is 0. The lowest BCUT2D eigenvalue weighted by Crippen LogP contribution is -1.73. The highest BCUT2D eigenvalue weighted by atomic mass is 127. The second kappa shape index (κ2) is 2.75. The largest absolute Gasteiger partial charge is 0.271 e. The minimum absolute atomic E-state index is 1.02. The molecule has 2 rings (SSSR count). The highest BCUT2D eigenvalue weighted by molar-refractivity contribution is 14.1. The van der Waals surface area contributed by atoms with Crippen LogP contribution in [0.1, 0.15) is 0 Å². The van der Waals surface area contributed by atoms with Crippen LogP contribution in [0, 0.1) is 0 Å². The van der Waals surface area contributed by atoms with Gasteiger partial charge in [0.05, 0.1) is 33.9 Å². The van der Waals surface area contributed by atoms with Crippen LogP contribution in [0.15, 0.2) is 29.0 Å². The van der Waals surface area contributed by atoms with Crippen LogP contribution in [-0.2, 0) is 0 Å². The van der Waals surface area contributed by atoms with Crippen molar-refractivity contribution in [1.29, 1.82) is 0 Å². The third-order valence-electron chi connectivity index (χ3n) is 1.47. The predicted octanol–water partition coefficient (Wildman–Crippen LogP) is 3.00. The van der Waals surface area contributed by atoms with Crippen LogP contribution < -0.4 is 0 Å². The minimum atomic E-state index is 1.02. The lowest BCUT2D eigenvalue weighted by molar-refractivity contribution is 1.31. The van der Waals surface area contributed by atoms with Gasteiger partial charge in [0, 0.05) is 4.47 Å². The molecule has 0 aliphatic heterocycles. The molecule has 0 radical (unpaired) electrons. The maximum atomic E-state index is 4.20. The van der Waals surface area contributed by atoms with Gasteiger partial charge in [-0.25, -0.2) is 4.98 Å². The molecule has 0 saturated heterocycles. The second-order valence-electron chi connectivity index (χ2n) is 2.19. The van der Waals surface area contributed by atoms with Crippen LogP contribution in [0.5, 0.6) is 0 Å². The summed E-state index contributed by atoms with van der Waals surface area (Å²) in [4.78, 5) is 4.20. The Bertz CT molecular complexity index is 396. The molecule has 2 aromatic rings. The normalized spacial score (nSPS) is 10.7. The molecule has 0 amide bonds. The van der Waals surface area contributed by atoms with E-state index in [1.807, 2.05) is 21.0 Å². The summed E-state index contributed by atoms with van der Waals surface area (Å²) >= 11 is 5.59. The zero-order chi connectivity index (χ0) is 7.84. The van der Waals surface area contributed by atoms with Gasteiger partial charge in [0.1, 0.15) is 6.33 Å². The van der Waals surface area contributed by atoms with E-state index in [4.69, 9.17) is 0 Å². The molecule has 1 heterocycles. The summed E-state index contributed by atoms with van der Waals surface area (Å²) in [5.41, 5.74) is 2.17. The van der Waals surface area contributed by atoms with Gasteiger partial charge in [0.15, 0.2) is 0 Å². The highest BCUT2D eigenvalue weighted by Crippen LogP contribution is 2.19. The second-order valence-corrected chi connectivity index (χ2v) is 4.14. The molecule has 0 aliphatic rings. The van der Waals surface area contributed by atoms with Crippen molar-refractivity contribution >= 4 is 49.8 Å². The molecular formula is C7H4BrIN2. The fraction of sp³-hybridized carbons (Fsp3) is 0. The number of nitrogens with zero attached hydrogens (tertiary/aromatic N) is 2. The average Bonchev–Trinajstić information content (AvgIpc) is 2.32. The van der Waals surface area contributed by atoms with Gasteiger partial charge in [0.2, 0.25) is 0 Å². The Kier molecular flexibility index (Phi) is 1.88. The number of fused-ring (bicyclic) bond motifs is 1. The van der Waals surface area contributed by atoms with E-state index in [0.717, 1.165) is 15.5 Å². The molecule has 1 aromatic carbocycles. The quantitative estimate of drug-likeness (QED) is 0.682. The number of hydrogen-bond donors (Lipinski definition) is 0. The van der Waals surface area contributed by atoms with E-state index in [1.54, 1.807) is 6.33 Å². The molecule has 0 fully saturated rings. The summed E-state index contributed by atoms with van der Waals surface area (Å²) in [6.45, 7) is 0. The van der Waals surface area contributed by atoms with E-state index in [0.29, 0.717) is 0 Å². The van der Waals surface area contributed by atoms with Gasteiger partial charge >= 0.3 is 0 Å². The Morgan fingerprint density at radius 2 is 2.27 bits per heavy atom. The van der Waals surface area contributed by atoms with Gasteiger partial charge in [-0.2, -0.15) is 0 Å². The fourth-order valence-corrected chi connectivity index (χ4v) is 1.84. The molecule has 11 heavy (non-hydrogen) atoms. The molecular weight excluding hydrogens is 319 g/mol. The Morgan fingerprint density at radius 1 is 1.45 bits per heavy atom. The molecule has 0 saturated carbocycles. The molecule has 0 spiro atoms. The van der Waals surface area contributed by atoms with Crippen molar-refractivity contribution in [2.45, 2.75) is 0 Å². The number of aromatic nitrogens is 2. The lowest BCUT2D eigenvalue weighted by atomic mass is 10.3. The van der Waals surface area contributed by atoms with Crippen LogP contribution in [0.25, 0.3) is 11.0 Å². The van der Waals surface area contributed by atoms with Crippen LogP contribution >= 0.6 is 38.8 Å². The number of hydrogen-bond acceptors (Lipinski definition) is 1. The van der Waals surface area contributed by atoms with Crippen LogP contribution in [-0.4, -0.2) is 7.76 Å². The van der Waals surface area contributed by atoms with Gasteiger partial charge < -0.3 is 0 Å². The Morgan fingerprint density at radius 3 is 3.09 bits per heavy atom. The van der Waals surface area contributed by atoms with Gasteiger partial charge in [-0.1, -0.05) is 15.9 Å². The monoisotopic (exact) mass is 322 g/mol. The minimum Gasteiger partial charge on any atom is -0.271 e. The first kappa shape index (κ1) is 7.54. The van der Waals surface area contributed by atoms with Crippen molar-refractivity contribution in [3.63, 3.8) is 0 Å². The smallest absolute Gasteiger partial charge is 0.105 e. The molecule has 0 unspecified atom stereocenters. The van der Waals surface area contributed by atoms with Gasteiger partial charge in [-0.3, -0.25) is 2.78 Å². The summed E-state index contributed by atoms with van der Waals surface area (Å²) in [6.07, 6.45) is 1.80. The van der Waals surface area contributed by atoms with E-state index in [2.05, 4.69) is 43.8 Å². The van der Waals surface area contributed by atoms with Crippen molar-refractivity contribution in [3.8, 4) is 0 Å². The molecule has 56 valence electrons. The highest BCUT2D eigenvalue weighted by Gasteiger charge is 1.98. The Hall–Kier alpha value is -0.100. The maximum Gasteiger partial charge on any atom is 0.105 e. The average molecular weight is 323 g/mol. The third-order valence-corrected chi connectivity index (χ3v) is 2.73. The van der Waals surface area contributed by atoms with Gasteiger partial charge in [-0.15, -0.1) is 0 Å². The molecule has 2 nitrogen and oxygen atoms in total. The molecule has 0 bridgehead atoms. The molecule has 0 atom stereocenters. The lowest BCUT2D eigenvalue weighted by Gasteiger charge is -1.91. The Balaban J connectivity index is 2.86. The number of rotatable bonds is 0. The molecule has 0 aliphatic carbocycles. The number of halogens is 2. The summed E-state index contributed by atoms with van der Waals surface area (Å²) in [6, 6.07) is 6.06. The van der Waals surface area contributed by atoms with Crippen molar-refractivity contribution in [2.75, 3.05) is 0 Å². The molecule has 0 N–H and O–H groups in total. The van der Waals surface area contributed by atoms with Crippen LogP contribution in [0.2, 0.25) is 0 Å². The predicted molar refractivity (Wildman–Crippen MR) is 56.9 cm³/mol. The van der Waals surface area contributed by atoms with Crippen LogP contribution in [0.4, 0.5) is 0 Å². The van der Waals surface area contributed by atoms with E-state index < -0.39 is 0 Å². The van der Waals surface area contributed by atoms with Crippen molar-refractivity contribution in [3.05, 3.63) is 29.0 Å². The first-order valence-electron chi connectivity index (χ1n) is 3.06. The summed E-state index contributed by atoms with van der Waals surface area (Å²) in [5, 5.41) is 0. The standard InChI is InChI=1S/C7H4BrIN2/c8-5-1-2-7-6(3-5)10-4-11(7)9/h1-4H. The maximum absolute atomic E-state index is 4.20. The zero-order valence-electron chi connectivity index (χ0n) is 5.46. The SMILES string of the molecule is Brc1ccc2c(c1)ncn2I. The van der Waals surface area contributed by atoms with E-state index >= 15 is 0 Å². The van der Waals surface area contributed by atoms with E-state index in [1.165, 1.54) is 0 Å². The Labute approximate surface area is 86.2 Å². The number of benzene rings is 1. The van der Waals surface area contributed by atoms with Crippen molar-refractivity contribution < 1.29 is 0 Å². The summed E-state index contributed by atoms with van der Waals surface area (Å²) < 4.78 is 3.04. The van der Waals surface area contributed by atoms with Gasteiger partial charge in [-0.05, 0) is 18.2 Å². The summed E-state index contributed by atoms with van der Waals surface area (Å²) in [7, 11) is 0. The molecule has 1 aromatic heterocycles. The van der Waals surface area contributed by atoms with E-state index in [9.17, 15) is 0 Å². The zero-order valence-corrected chi connectivity index (χ0v) is 9.20. The van der Waals surface area contributed by atoms with Crippen LogP contribution in [0.3, 0.4) is 0 Å². The van der Waals surface area contributed by atoms with E-state index in [-0.39, 0.29) is 0 Å². The molecule has 4 heteroatoms.